The van der Waals surface area contributed by atoms with Gasteiger partial charge in [-0.05, 0) is 43.9 Å². The molecule has 0 amide bonds. The van der Waals surface area contributed by atoms with Crippen LogP contribution in [0.4, 0.5) is 0 Å². The third kappa shape index (κ3) is 5.15. The molecule has 23 heavy (non-hydrogen) atoms. The standard InChI is InChI=1S/C20H26N2O/c1-17-7-5-11-19(21-17)15-22-13-14-23-20(16-22)12-6-10-18-8-3-2-4-9-18/h2-5,7-9,11,20H,6,10,12-16H2,1H3/t20-/m0/s1. The molecule has 2 heterocycles. The van der Waals surface area contributed by atoms with E-state index in [0.29, 0.717) is 6.10 Å². The monoisotopic (exact) mass is 310 g/mol. The van der Waals surface area contributed by atoms with E-state index < -0.39 is 0 Å². The average Bonchev–Trinajstić information content (AvgIpc) is 2.56. The molecule has 1 fully saturated rings. The van der Waals surface area contributed by atoms with E-state index in [0.717, 1.165) is 50.5 Å². The summed E-state index contributed by atoms with van der Waals surface area (Å²) in [4.78, 5) is 7.08. The molecule has 0 saturated carbocycles. The molecule has 0 aliphatic carbocycles. The Morgan fingerprint density at radius 2 is 2.00 bits per heavy atom. The first-order chi connectivity index (χ1) is 11.3. The van der Waals surface area contributed by atoms with Crippen LogP contribution in [0.3, 0.4) is 0 Å². The van der Waals surface area contributed by atoms with Crippen molar-refractivity contribution in [2.75, 3.05) is 19.7 Å². The zero-order valence-electron chi connectivity index (χ0n) is 13.9. The summed E-state index contributed by atoms with van der Waals surface area (Å²) in [5.74, 6) is 0. The lowest BCUT2D eigenvalue weighted by Crippen LogP contribution is -2.42. The molecule has 0 radical (unpaired) electrons. The topological polar surface area (TPSA) is 25.4 Å². The van der Waals surface area contributed by atoms with E-state index in [1.54, 1.807) is 0 Å². The molecule has 1 saturated heterocycles. The molecule has 1 aromatic carbocycles. The normalized spacial score (nSPS) is 18.9. The van der Waals surface area contributed by atoms with Gasteiger partial charge in [0.15, 0.2) is 0 Å². The number of hydrogen-bond donors (Lipinski definition) is 0. The third-order valence-corrected chi connectivity index (χ3v) is 4.39. The van der Waals surface area contributed by atoms with Crippen molar-refractivity contribution in [2.24, 2.45) is 0 Å². The van der Waals surface area contributed by atoms with E-state index in [9.17, 15) is 0 Å². The summed E-state index contributed by atoms with van der Waals surface area (Å²) < 4.78 is 5.95. The Bertz CT molecular complexity index is 600. The molecular weight excluding hydrogens is 284 g/mol. The van der Waals surface area contributed by atoms with Crippen LogP contribution in [0.1, 0.15) is 29.8 Å². The number of benzene rings is 1. The lowest BCUT2D eigenvalue weighted by molar-refractivity contribution is -0.0358. The molecule has 122 valence electrons. The van der Waals surface area contributed by atoms with Crippen LogP contribution in [0.25, 0.3) is 0 Å². The lowest BCUT2D eigenvalue weighted by atomic mass is 10.1. The van der Waals surface area contributed by atoms with Crippen LogP contribution in [0.2, 0.25) is 0 Å². The van der Waals surface area contributed by atoms with Gasteiger partial charge >= 0.3 is 0 Å². The van der Waals surface area contributed by atoms with E-state index in [1.807, 2.05) is 0 Å². The summed E-state index contributed by atoms with van der Waals surface area (Å²) in [6.45, 7) is 5.84. The summed E-state index contributed by atoms with van der Waals surface area (Å²) in [6.07, 6.45) is 3.81. The molecule has 1 atom stereocenters. The molecule has 0 bridgehead atoms. The lowest BCUT2D eigenvalue weighted by Gasteiger charge is -2.32. The highest BCUT2D eigenvalue weighted by Gasteiger charge is 2.20. The van der Waals surface area contributed by atoms with E-state index >= 15 is 0 Å². The van der Waals surface area contributed by atoms with E-state index in [-0.39, 0.29) is 0 Å². The first kappa shape index (κ1) is 16.2. The van der Waals surface area contributed by atoms with Crippen LogP contribution in [-0.4, -0.2) is 35.7 Å². The Labute approximate surface area is 139 Å². The molecule has 1 aliphatic heterocycles. The van der Waals surface area contributed by atoms with Crippen molar-refractivity contribution < 1.29 is 4.74 Å². The van der Waals surface area contributed by atoms with E-state index in [2.05, 4.69) is 65.3 Å². The van der Waals surface area contributed by atoms with Crippen LogP contribution in [0, 0.1) is 6.92 Å². The van der Waals surface area contributed by atoms with Gasteiger partial charge in [0.05, 0.1) is 18.4 Å². The van der Waals surface area contributed by atoms with Crippen LogP contribution in [0.15, 0.2) is 48.5 Å². The minimum atomic E-state index is 0.359. The SMILES string of the molecule is Cc1cccc(CN2CCO[C@@H](CCCc3ccccc3)C2)n1. The molecule has 1 aromatic heterocycles. The van der Waals surface area contributed by atoms with Crippen molar-refractivity contribution in [2.45, 2.75) is 38.8 Å². The fourth-order valence-electron chi connectivity index (χ4n) is 3.19. The molecule has 0 unspecified atom stereocenters. The van der Waals surface area contributed by atoms with Crippen LogP contribution < -0.4 is 0 Å². The van der Waals surface area contributed by atoms with E-state index in [4.69, 9.17) is 4.74 Å². The van der Waals surface area contributed by atoms with Crippen molar-refractivity contribution in [1.82, 2.24) is 9.88 Å². The molecule has 3 nitrogen and oxygen atoms in total. The fourth-order valence-corrected chi connectivity index (χ4v) is 3.19. The van der Waals surface area contributed by atoms with Gasteiger partial charge < -0.3 is 4.74 Å². The second-order valence-electron chi connectivity index (χ2n) is 6.38. The highest BCUT2D eigenvalue weighted by Crippen LogP contribution is 2.15. The second kappa shape index (κ2) is 8.23. The number of pyridine rings is 1. The maximum absolute atomic E-state index is 5.95. The Morgan fingerprint density at radius 1 is 1.13 bits per heavy atom. The van der Waals surface area contributed by atoms with Gasteiger partial charge in [-0.25, -0.2) is 0 Å². The maximum Gasteiger partial charge on any atom is 0.0702 e. The van der Waals surface area contributed by atoms with Gasteiger partial charge in [-0.1, -0.05) is 36.4 Å². The highest BCUT2D eigenvalue weighted by molar-refractivity contribution is 5.14. The first-order valence-electron chi connectivity index (χ1n) is 8.60. The molecular formula is C20H26N2O. The molecule has 1 aliphatic rings. The van der Waals surface area contributed by atoms with Gasteiger partial charge in [0.2, 0.25) is 0 Å². The smallest absolute Gasteiger partial charge is 0.0702 e. The number of ether oxygens (including phenoxy) is 1. The molecule has 3 heteroatoms. The number of aryl methyl sites for hydroxylation is 2. The molecule has 3 rings (SSSR count). The number of rotatable bonds is 6. The molecule has 0 N–H and O–H groups in total. The molecule has 0 spiro atoms. The van der Waals surface area contributed by atoms with Gasteiger partial charge in [-0.3, -0.25) is 9.88 Å². The summed E-state index contributed by atoms with van der Waals surface area (Å²) >= 11 is 0. The Morgan fingerprint density at radius 3 is 2.83 bits per heavy atom. The zero-order chi connectivity index (χ0) is 15.9. The number of hydrogen-bond acceptors (Lipinski definition) is 3. The van der Waals surface area contributed by atoms with Crippen LogP contribution >= 0.6 is 0 Å². The maximum atomic E-state index is 5.95. The Hall–Kier alpha value is -1.71. The van der Waals surface area contributed by atoms with Gasteiger partial charge in [-0.15, -0.1) is 0 Å². The van der Waals surface area contributed by atoms with Crippen molar-refractivity contribution >= 4 is 0 Å². The Kier molecular flexibility index (Phi) is 5.78. The number of morpholine rings is 1. The van der Waals surface area contributed by atoms with Gasteiger partial charge in [0.25, 0.3) is 0 Å². The number of aromatic nitrogens is 1. The van der Waals surface area contributed by atoms with Crippen molar-refractivity contribution in [3.8, 4) is 0 Å². The van der Waals surface area contributed by atoms with Crippen molar-refractivity contribution in [3.05, 3.63) is 65.5 Å². The zero-order valence-corrected chi connectivity index (χ0v) is 13.9. The van der Waals surface area contributed by atoms with Crippen LogP contribution in [-0.2, 0) is 17.7 Å². The summed E-state index contributed by atoms with van der Waals surface area (Å²) in [5.41, 5.74) is 3.68. The predicted molar refractivity (Wildman–Crippen MR) is 93.4 cm³/mol. The van der Waals surface area contributed by atoms with Crippen molar-refractivity contribution in [3.63, 3.8) is 0 Å². The second-order valence-corrected chi connectivity index (χ2v) is 6.38. The quantitative estimate of drug-likeness (QED) is 0.815. The Balaban J connectivity index is 1.44. The van der Waals surface area contributed by atoms with Crippen LogP contribution in [0.5, 0.6) is 0 Å². The fraction of sp³-hybridized carbons (Fsp3) is 0.450. The predicted octanol–water partition coefficient (Wildman–Crippen LogP) is 3.61. The van der Waals surface area contributed by atoms with Gasteiger partial charge in [0.1, 0.15) is 0 Å². The molecule has 2 aromatic rings. The van der Waals surface area contributed by atoms with Gasteiger partial charge in [0, 0.05) is 25.3 Å². The summed E-state index contributed by atoms with van der Waals surface area (Å²) in [5, 5.41) is 0. The number of nitrogens with zero attached hydrogens (tertiary/aromatic N) is 2. The average molecular weight is 310 g/mol. The minimum Gasteiger partial charge on any atom is -0.376 e. The third-order valence-electron chi connectivity index (χ3n) is 4.39. The van der Waals surface area contributed by atoms with Crippen molar-refractivity contribution in [1.29, 1.82) is 0 Å². The minimum absolute atomic E-state index is 0.359. The van der Waals surface area contributed by atoms with E-state index in [1.165, 1.54) is 12.0 Å². The summed E-state index contributed by atoms with van der Waals surface area (Å²) in [6, 6.07) is 17.0. The summed E-state index contributed by atoms with van der Waals surface area (Å²) in [7, 11) is 0. The van der Waals surface area contributed by atoms with Gasteiger partial charge in [-0.2, -0.15) is 0 Å². The largest absolute Gasteiger partial charge is 0.376 e. The highest BCUT2D eigenvalue weighted by atomic mass is 16.5. The first-order valence-corrected chi connectivity index (χ1v) is 8.60.